The molecular formula is C14H14O4. The van der Waals surface area contributed by atoms with Crippen LogP contribution in [0.3, 0.4) is 0 Å². The van der Waals surface area contributed by atoms with Crippen molar-refractivity contribution in [3.05, 3.63) is 39.7 Å². The molecule has 0 bridgehead atoms. The number of ether oxygens (including phenoxy) is 1. The molecule has 4 heteroatoms. The zero-order valence-corrected chi connectivity index (χ0v) is 10.6. The normalized spacial score (nSPS) is 10.6. The van der Waals surface area contributed by atoms with Gasteiger partial charge in [-0.3, -0.25) is 4.79 Å². The second-order valence-electron chi connectivity index (χ2n) is 4.31. The van der Waals surface area contributed by atoms with E-state index in [0.29, 0.717) is 16.9 Å². The molecule has 0 aliphatic heterocycles. The van der Waals surface area contributed by atoms with E-state index in [1.165, 1.54) is 6.92 Å². The summed E-state index contributed by atoms with van der Waals surface area (Å²) >= 11 is 0. The van der Waals surface area contributed by atoms with Gasteiger partial charge < -0.3 is 9.15 Å². The molecule has 0 fully saturated rings. The number of fused-ring (bicyclic) bond motifs is 1. The fourth-order valence-corrected chi connectivity index (χ4v) is 1.74. The zero-order chi connectivity index (χ0) is 13.3. The Morgan fingerprint density at radius 3 is 2.72 bits per heavy atom. The molecule has 1 heterocycles. The van der Waals surface area contributed by atoms with Gasteiger partial charge in [-0.1, -0.05) is 0 Å². The summed E-state index contributed by atoms with van der Waals surface area (Å²) in [6.45, 7) is 4.99. The maximum absolute atomic E-state index is 11.5. The van der Waals surface area contributed by atoms with Crippen LogP contribution in [-0.2, 0) is 4.79 Å². The highest BCUT2D eigenvalue weighted by molar-refractivity contribution is 5.82. The van der Waals surface area contributed by atoms with Gasteiger partial charge in [-0.2, -0.15) is 0 Å². The number of carbonyl (C=O) groups excluding carboxylic acids is 1. The molecule has 0 amide bonds. The van der Waals surface area contributed by atoms with Gasteiger partial charge in [0.15, 0.2) is 5.78 Å². The lowest BCUT2D eigenvalue weighted by Crippen LogP contribution is -2.08. The van der Waals surface area contributed by atoms with Crippen molar-refractivity contribution in [1.29, 1.82) is 0 Å². The number of Topliss-reactive ketones (excluding diaryl/α,β-unsaturated/α-hetero) is 1. The highest BCUT2D eigenvalue weighted by Crippen LogP contribution is 2.26. The molecule has 4 nitrogen and oxygen atoms in total. The van der Waals surface area contributed by atoms with Crippen LogP contribution < -0.4 is 10.4 Å². The Morgan fingerprint density at radius 1 is 1.33 bits per heavy atom. The number of aryl methyl sites for hydroxylation is 2. The van der Waals surface area contributed by atoms with Gasteiger partial charge in [0.05, 0.1) is 0 Å². The summed E-state index contributed by atoms with van der Waals surface area (Å²) in [6.07, 6.45) is 0. The Kier molecular flexibility index (Phi) is 3.19. The molecule has 0 unspecified atom stereocenters. The molecule has 1 aromatic heterocycles. The van der Waals surface area contributed by atoms with Crippen molar-refractivity contribution in [1.82, 2.24) is 0 Å². The minimum absolute atomic E-state index is 0.0163. The Hall–Kier alpha value is -2.10. The number of rotatable bonds is 3. The van der Waals surface area contributed by atoms with Crippen LogP contribution in [0, 0.1) is 13.8 Å². The minimum atomic E-state index is -0.352. The average molecular weight is 246 g/mol. The standard InChI is InChI=1S/C14H14O4/c1-8-6-11-4-5-12(17-7-9(2)15)10(3)13(11)18-14(8)16/h4-6H,7H2,1-3H3. The second-order valence-corrected chi connectivity index (χ2v) is 4.31. The Labute approximate surface area is 104 Å². The fourth-order valence-electron chi connectivity index (χ4n) is 1.74. The first-order valence-electron chi connectivity index (χ1n) is 5.65. The van der Waals surface area contributed by atoms with Crippen molar-refractivity contribution >= 4 is 16.8 Å². The van der Waals surface area contributed by atoms with Gasteiger partial charge in [0.2, 0.25) is 0 Å². The highest BCUT2D eigenvalue weighted by atomic mass is 16.5. The quantitative estimate of drug-likeness (QED) is 0.780. The van der Waals surface area contributed by atoms with Crippen molar-refractivity contribution in [2.24, 2.45) is 0 Å². The van der Waals surface area contributed by atoms with E-state index in [-0.39, 0.29) is 18.0 Å². The molecule has 0 saturated carbocycles. The second kappa shape index (κ2) is 4.64. The van der Waals surface area contributed by atoms with Gasteiger partial charge in [-0.25, -0.2) is 4.79 Å². The lowest BCUT2D eigenvalue weighted by Gasteiger charge is -2.09. The lowest BCUT2D eigenvalue weighted by atomic mass is 10.1. The summed E-state index contributed by atoms with van der Waals surface area (Å²) < 4.78 is 10.6. The zero-order valence-electron chi connectivity index (χ0n) is 10.6. The van der Waals surface area contributed by atoms with Crippen LogP contribution in [0.5, 0.6) is 5.75 Å². The van der Waals surface area contributed by atoms with E-state index in [1.54, 1.807) is 26.0 Å². The van der Waals surface area contributed by atoms with Gasteiger partial charge in [0.25, 0.3) is 0 Å². The van der Waals surface area contributed by atoms with Gasteiger partial charge in [0, 0.05) is 16.5 Å². The van der Waals surface area contributed by atoms with E-state index in [2.05, 4.69) is 0 Å². The third-order valence-corrected chi connectivity index (χ3v) is 2.71. The molecule has 0 N–H and O–H groups in total. The van der Waals surface area contributed by atoms with Crippen LogP contribution in [0.2, 0.25) is 0 Å². The van der Waals surface area contributed by atoms with Crippen molar-refractivity contribution < 1.29 is 13.9 Å². The first-order valence-corrected chi connectivity index (χ1v) is 5.65. The molecule has 2 rings (SSSR count). The van der Waals surface area contributed by atoms with Gasteiger partial charge in [0.1, 0.15) is 17.9 Å². The molecule has 0 saturated heterocycles. The van der Waals surface area contributed by atoms with E-state index < -0.39 is 0 Å². The van der Waals surface area contributed by atoms with Gasteiger partial charge in [-0.15, -0.1) is 0 Å². The predicted octanol–water partition coefficient (Wildman–Crippen LogP) is 2.38. The predicted molar refractivity (Wildman–Crippen MR) is 68.1 cm³/mol. The summed E-state index contributed by atoms with van der Waals surface area (Å²) in [5.41, 5.74) is 1.45. The number of carbonyl (C=O) groups is 1. The first kappa shape index (κ1) is 12.4. The number of hydrogen-bond donors (Lipinski definition) is 0. The maximum Gasteiger partial charge on any atom is 0.339 e. The van der Waals surface area contributed by atoms with Crippen LogP contribution in [0.4, 0.5) is 0 Å². The summed E-state index contributed by atoms with van der Waals surface area (Å²) in [6, 6.07) is 5.37. The molecule has 2 aromatic rings. The summed E-state index contributed by atoms with van der Waals surface area (Å²) in [4.78, 5) is 22.4. The molecule has 0 spiro atoms. The van der Waals surface area contributed by atoms with Crippen molar-refractivity contribution in [2.75, 3.05) is 6.61 Å². The Morgan fingerprint density at radius 2 is 2.06 bits per heavy atom. The van der Waals surface area contributed by atoms with E-state index in [4.69, 9.17) is 9.15 Å². The smallest absolute Gasteiger partial charge is 0.339 e. The highest BCUT2D eigenvalue weighted by Gasteiger charge is 2.09. The third-order valence-electron chi connectivity index (χ3n) is 2.71. The lowest BCUT2D eigenvalue weighted by molar-refractivity contribution is -0.118. The molecular weight excluding hydrogens is 232 g/mol. The summed E-state index contributed by atoms with van der Waals surface area (Å²) in [5.74, 6) is 0.504. The number of benzene rings is 1. The topological polar surface area (TPSA) is 56.5 Å². The first-order chi connectivity index (χ1) is 8.49. The van der Waals surface area contributed by atoms with Crippen LogP contribution >= 0.6 is 0 Å². The Bertz CT molecular complexity index is 667. The molecule has 0 aliphatic carbocycles. The van der Waals surface area contributed by atoms with E-state index in [0.717, 1.165) is 10.9 Å². The minimum Gasteiger partial charge on any atom is -0.485 e. The van der Waals surface area contributed by atoms with E-state index in [1.807, 2.05) is 6.07 Å². The van der Waals surface area contributed by atoms with Crippen molar-refractivity contribution in [3.63, 3.8) is 0 Å². The number of hydrogen-bond acceptors (Lipinski definition) is 4. The molecule has 1 aromatic carbocycles. The molecule has 18 heavy (non-hydrogen) atoms. The SMILES string of the molecule is CC(=O)COc1ccc2cc(C)c(=O)oc2c1C. The maximum atomic E-state index is 11.5. The molecule has 94 valence electrons. The van der Waals surface area contributed by atoms with Crippen LogP contribution in [-0.4, -0.2) is 12.4 Å². The average Bonchev–Trinajstić information content (AvgIpc) is 2.31. The van der Waals surface area contributed by atoms with Crippen molar-refractivity contribution in [3.8, 4) is 5.75 Å². The fraction of sp³-hybridized carbons (Fsp3) is 0.286. The largest absolute Gasteiger partial charge is 0.485 e. The summed E-state index contributed by atoms with van der Waals surface area (Å²) in [5, 5.41) is 0.847. The van der Waals surface area contributed by atoms with Crippen LogP contribution in [0.15, 0.2) is 27.4 Å². The van der Waals surface area contributed by atoms with E-state index >= 15 is 0 Å². The van der Waals surface area contributed by atoms with Gasteiger partial charge >= 0.3 is 5.63 Å². The van der Waals surface area contributed by atoms with Crippen LogP contribution in [0.25, 0.3) is 11.0 Å². The molecule has 0 atom stereocenters. The summed E-state index contributed by atoms with van der Waals surface area (Å²) in [7, 11) is 0. The molecule has 0 aliphatic rings. The van der Waals surface area contributed by atoms with Gasteiger partial charge in [-0.05, 0) is 39.0 Å². The number of ketones is 1. The monoisotopic (exact) mass is 246 g/mol. The molecule has 0 radical (unpaired) electrons. The van der Waals surface area contributed by atoms with Crippen molar-refractivity contribution in [2.45, 2.75) is 20.8 Å². The van der Waals surface area contributed by atoms with Crippen LogP contribution in [0.1, 0.15) is 18.1 Å². The van der Waals surface area contributed by atoms with E-state index in [9.17, 15) is 9.59 Å². The third kappa shape index (κ3) is 2.27. The Balaban J connectivity index is 2.53.